The Balaban J connectivity index is 1.10. The van der Waals surface area contributed by atoms with Crippen molar-refractivity contribution in [2.24, 2.45) is 5.41 Å². The first-order chi connectivity index (χ1) is 16.8. The van der Waals surface area contributed by atoms with E-state index in [1.165, 1.54) is 12.1 Å². The summed E-state index contributed by atoms with van der Waals surface area (Å²) < 4.78 is 46.0. The summed E-state index contributed by atoms with van der Waals surface area (Å²) in [5.74, 6) is 0.476. The zero-order valence-electron chi connectivity index (χ0n) is 19.1. The van der Waals surface area contributed by atoms with Gasteiger partial charge in [-0.2, -0.15) is 13.2 Å². The zero-order chi connectivity index (χ0) is 24.2. The molecule has 4 unspecified atom stereocenters. The van der Waals surface area contributed by atoms with E-state index < -0.39 is 23.8 Å². The molecule has 3 fully saturated rings. The molecule has 6 rings (SSSR count). The molecule has 1 spiro atoms. The number of rotatable bonds is 4. The monoisotopic (exact) mass is 490 g/mol. The second kappa shape index (κ2) is 8.59. The van der Waals surface area contributed by atoms with E-state index in [-0.39, 0.29) is 23.8 Å². The number of benzene rings is 1. The molecule has 1 amide bonds. The number of fused-ring (bicyclic) bond motifs is 1. The maximum atomic E-state index is 13.6. The second-order valence-corrected chi connectivity index (χ2v) is 10.1. The average Bonchev–Trinajstić information content (AvgIpc) is 3.20. The quantitative estimate of drug-likeness (QED) is 0.476. The fraction of sp³-hybridized carbons (Fsp3) is 0.542. The fourth-order valence-corrected chi connectivity index (χ4v) is 5.67. The Morgan fingerprint density at radius 3 is 2.71 bits per heavy atom. The van der Waals surface area contributed by atoms with Crippen molar-refractivity contribution in [2.75, 3.05) is 32.8 Å². The molecule has 1 aromatic rings. The van der Waals surface area contributed by atoms with Crippen molar-refractivity contribution >= 4 is 5.91 Å². The number of amides is 1. The number of ether oxygens (including phenoxy) is 1. The largest absolute Gasteiger partial charge is 0.416 e. The minimum absolute atomic E-state index is 0.129. The van der Waals surface area contributed by atoms with E-state index in [9.17, 15) is 18.0 Å². The summed E-state index contributed by atoms with van der Waals surface area (Å²) in [5.41, 5.74) is 2.91. The number of alkyl halides is 3. The van der Waals surface area contributed by atoms with Gasteiger partial charge in [0.15, 0.2) is 0 Å². The van der Waals surface area contributed by atoms with E-state index in [4.69, 9.17) is 4.74 Å². The fourth-order valence-electron chi connectivity index (χ4n) is 5.67. The number of carbonyl (C=O) groups excluding carboxylic acids is 1. The molecule has 8 nitrogen and oxygen atoms in total. The van der Waals surface area contributed by atoms with Crippen molar-refractivity contribution in [1.29, 1.82) is 0 Å². The van der Waals surface area contributed by atoms with Crippen LogP contribution in [-0.2, 0) is 15.7 Å². The van der Waals surface area contributed by atoms with Crippen molar-refractivity contribution in [3.05, 3.63) is 59.4 Å². The summed E-state index contributed by atoms with van der Waals surface area (Å²) in [6, 6.07) is 4.26. The van der Waals surface area contributed by atoms with Gasteiger partial charge in [-0.25, -0.2) is 10.4 Å². The van der Waals surface area contributed by atoms with Gasteiger partial charge in [0.05, 0.1) is 37.2 Å². The van der Waals surface area contributed by atoms with Crippen LogP contribution in [0, 0.1) is 5.41 Å². The lowest BCUT2D eigenvalue weighted by Gasteiger charge is -2.57. The Labute approximate surface area is 201 Å². The third-order valence-electron chi connectivity index (χ3n) is 7.54. The van der Waals surface area contributed by atoms with Gasteiger partial charge in [-0.05, 0) is 30.5 Å². The van der Waals surface area contributed by atoms with Gasteiger partial charge in [-0.15, -0.1) is 0 Å². The minimum Gasteiger partial charge on any atom is -0.380 e. The van der Waals surface area contributed by atoms with Crippen LogP contribution in [0.25, 0.3) is 0 Å². The van der Waals surface area contributed by atoms with Gasteiger partial charge >= 0.3 is 6.18 Å². The van der Waals surface area contributed by atoms with E-state index in [0.29, 0.717) is 17.8 Å². The van der Waals surface area contributed by atoms with Gasteiger partial charge in [-0.1, -0.05) is 30.4 Å². The molecule has 0 bridgehead atoms. The normalized spacial score (nSPS) is 32.3. The molecule has 0 aliphatic carbocycles. The third kappa shape index (κ3) is 4.25. The predicted octanol–water partition coefficient (Wildman–Crippen LogP) is 1.42. The number of nitrogens with zero attached hydrogens (tertiary/aromatic N) is 2. The molecular weight excluding hydrogens is 461 g/mol. The van der Waals surface area contributed by atoms with E-state index in [0.717, 1.165) is 45.2 Å². The van der Waals surface area contributed by atoms with Crippen LogP contribution in [0.15, 0.2) is 48.3 Å². The number of halogens is 3. The first-order valence-electron chi connectivity index (χ1n) is 12.0. The van der Waals surface area contributed by atoms with Crippen LogP contribution in [0.2, 0.25) is 0 Å². The Bertz CT molecular complexity index is 1050. The van der Waals surface area contributed by atoms with Crippen molar-refractivity contribution < 1.29 is 22.7 Å². The first kappa shape index (κ1) is 23.0. The molecule has 5 aliphatic heterocycles. The maximum Gasteiger partial charge on any atom is 0.416 e. The third-order valence-corrected chi connectivity index (χ3v) is 7.54. The second-order valence-electron chi connectivity index (χ2n) is 10.1. The van der Waals surface area contributed by atoms with E-state index in [1.807, 2.05) is 6.08 Å². The highest BCUT2D eigenvalue weighted by molar-refractivity contribution is 5.84. The van der Waals surface area contributed by atoms with Gasteiger partial charge in [0.25, 0.3) is 0 Å². The zero-order valence-corrected chi connectivity index (χ0v) is 19.1. The Kier molecular flexibility index (Phi) is 5.65. The lowest BCUT2D eigenvalue weighted by atomic mass is 9.77. The number of carbonyl (C=O) groups is 1. The van der Waals surface area contributed by atoms with Gasteiger partial charge in [0, 0.05) is 25.0 Å². The first-order valence-corrected chi connectivity index (χ1v) is 12.0. The molecule has 188 valence electrons. The van der Waals surface area contributed by atoms with E-state index in [2.05, 4.69) is 26.3 Å². The smallest absolute Gasteiger partial charge is 0.380 e. The molecule has 5 aliphatic rings. The SMILES string of the molecule is O=C(NC1=CCCC(N2CC3(COC3)C2)N1)C1CNC2C=CC(c3ccccc3C(F)(F)F)NN21. The van der Waals surface area contributed by atoms with Gasteiger partial charge in [-0.3, -0.25) is 15.0 Å². The molecule has 4 atom stereocenters. The van der Waals surface area contributed by atoms with Crippen molar-refractivity contribution in [3.8, 4) is 0 Å². The van der Waals surface area contributed by atoms with Crippen LogP contribution < -0.4 is 21.4 Å². The molecule has 5 heterocycles. The van der Waals surface area contributed by atoms with Crippen LogP contribution in [0.1, 0.15) is 30.0 Å². The lowest BCUT2D eigenvalue weighted by Crippen LogP contribution is -2.70. The number of hydrogen-bond acceptors (Lipinski definition) is 7. The van der Waals surface area contributed by atoms with Crippen LogP contribution in [0.5, 0.6) is 0 Å². The summed E-state index contributed by atoms with van der Waals surface area (Å²) in [4.78, 5) is 15.6. The highest BCUT2D eigenvalue weighted by Gasteiger charge is 2.51. The van der Waals surface area contributed by atoms with Gasteiger partial charge in [0.2, 0.25) is 5.91 Å². The highest BCUT2D eigenvalue weighted by atomic mass is 19.4. The summed E-state index contributed by atoms with van der Waals surface area (Å²) in [7, 11) is 0. The summed E-state index contributed by atoms with van der Waals surface area (Å²) in [6.07, 6.45) is 2.78. The minimum atomic E-state index is -4.46. The van der Waals surface area contributed by atoms with Crippen molar-refractivity contribution in [1.82, 2.24) is 31.3 Å². The molecule has 3 saturated heterocycles. The average molecular weight is 491 g/mol. The topological polar surface area (TPSA) is 80.9 Å². The van der Waals surface area contributed by atoms with Gasteiger partial charge in [0.1, 0.15) is 11.9 Å². The van der Waals surface area contributed by atoms with Gasteiger partial charge < -0.3 is 15.4 Å². The highest BCUT2D eigenvalue weighted by Crippen LogP contribution is 2.39. The number of hydrogen-bond donors (Lipinski definition) is 4. The standard InChI is InChI=1S/C24H29F3N6O2/c25-24(26,27)16-5-2-1-4-15(16)17-8-9-20-28-10-18(33(20)31-17)22(34)30-19-6-3-7-21(29-19)32-11-23(12-32)13-35-14-23/h1-2,4-6,8-9,17-18,20-21,28-29,31H,3,7,10-14H2,(H,30,34). The summed E-state index contributed by atoms with van der Waals surface area (Å²) >= 11 is 0. The van der Waals surface area contributed by atoms with Crippen LogP contribution in [-0.4, -0.2) is 67.0 Å². The summed E-state index contributed by atoms with van der Waals surface area (Å²) in [6.45, 7) is 4.05. The molecule has 11 heteroatoms. The molecule has 4 N–H and O–H groups in total. The van der Waals surface area contributed by atoms with E-state index in [1.54, 1.807) is 23.2 Å². The van der Waals surface area contributed by atoms with E-state index >= 15 is 0 Å². The predicted molar refractivity (Wildman–Crippen MR) is 121 cm³/mol. The molecule has 0 aromatic heterocycles. The lowest BCUT2D eigenvalue weighted by molar-refractivity contribution is -0.201. The Morgan fingerprint density at radius 1 is 1.17 bits per heavy atom. The maximum absolute atomic E-state index is 13.6. The summed E-state index contributed by atoms with van der Waals surface area (Å²) in [5, 5.41) is 11.4. The number of hydrazine groups is 1. The number of allylic oxidation sites excluding steroid dienone is 1. The Morgan fingerprint density at radius 2 is 1.97 bits per heavy atom. The molecule has 0 radical (unpaired) electrons. The molecule has 0 saturated carbocycles. The molecule has 35 heavy (non-hydrogen) atoms. The van der Waals surface area contributed by atoms with Crippen LogP contribution in [0.4, 0.5) is 13.2 Å². The number of nitrogens with one attached hydrogen (secondary N) is 4. The van der Waals surface area contributed by atoms with Crippen molar-refractivity contribution in [2.45, 2.75) is 43.4 Å². The number of likely N-dealkylation sites (tertiary alicyclic amines) is 1. The Hall–Kier alpha value is -2.44. The van der Waals surface area contributed by atoms with Crippen molar-refractivity contribution in [3.63, 3.8) is 0 Å². The van der Waals surface area contributed by atoms with Crippen LogP contribution >= 0.6 is 0 Å². The van der Waals surface area contributed by atoms with Crippen LogP contribution in [0.3, 0.4) is 0 Å². The molecule has 1 aromatic carbocycles. The molecular formula is C24H29F3N6O2.